The summed E-state index contributed by atoms with van der Waals surface area (Å²) in [7, 11) is 0. The third kappa shape index (κ3) is 4.65. The Hall–Kier alpha value is -1.19. The maximum absolute atomic E-state index is 12.7. The minimum absolute atomic E-state index is 0.0862. The Balaban J connectivity index is 2.90. The summed E-state index contributed by atoms with van der Waals surface area (Å²) < 4.78 is 0. The molecule has 118 valence electrons. The molecule has 0 radical (unpaired) electrons. The van der Waals surface area contributed by atoms with E-state index < -0.39 is 0 Å². The summed E-state index contributed by atoms with van der Waals surface area (Å²) in [4.78, 5) is 14.8. The Morgan fingerprint density at radius 3 is 2.14 bits per heavy atom. The minimum atomic E-state index is -0.200. The Kier molecular flexibility index (Phi) is 7.62. The van der Waals surface area contributed by atoms with Gasteiger partial charge in [0, 0.05) is 18.2 Å². The highest BCUT2D eigenvalue weighted by Crippen LogP contribution is 2.17. The summed E-state index contributed by atoms with van der Waals surface area (Å²) in [6.45, 7) is 8.95. The molecule has 0 amide bonds. The molecule has 1 N–H and O–H groups in total. The van der Waals surface area contributed by atoms with Crippen molar-refractivity contribution in [2.24, 2.45) is 0 Å². The zero-order chi connectivity index (χ0) is 15.8. The molecule has 0 saturated carbocycles. The molecule has 0 saturated heterocycles. The Labute approximate surface area is 129 Å². The third-order valence-electron chi connectivity index (χ3n) is 4.29. The number of Topliss-reactive ketones (excluding diaryl/α,β-unsaturated/α-hetero) is 1. The van der Waals surface area contributed by atoms with E-state index in [1.807, 2.05) is 31.2 Å². The first-order valence-corrected chi connectivity index (χ1v) is 8.08. The fourth-order valence-corrected chi connectivity index (χ4v) is 2.86. The average Bonchev–Trinajstić information content (AvgIpc) is 2.53. The predicted octanol–water partition coefficient (Wildman–Crippen LogP) is 3.30. The van der Waals surface area contributed by atoms with Crippen molar-refractivity contribution < 1.29 is 9.90 Å². The maximum atomic E-state index is 12.7. The molecule has 1 rings (SSSR count). The lowest BCUT2D eigenvalue weighted by Crippen LogP contribution is -2.46. The molecule has 1 atom stereocenters. The normalized spacial score (nSPS) is 12.9. The lowest BCUT2D eigenvalue weighted by molar-refractivity contribution is 0.0686. The van der Waals surface area contributed by atoms with Crippen LogP contribution in [0.3, 0.4) is 0 Å². The van der Waals surface area contributed by atoms with Crippen molar-refractivity contribution in [2.45, 2.75) is 59.0 Å². The molecule has 0 heterocycles. The van der Waals surface area contributed by atoms with E-state index >= 15 is 0 Å². The molecular weight excluding hydrogens is 262 g/mol. The van der Waals surface area contributed by atoms with Crippen LogP contribution in [0.1, 0.15) is 56.5 Å². The van der Waals surface area contributed by atoms with Gasteiger partial charge < -0.3 is 5.11 Å². The van der Waals surface area contributed by atoms with Crippen molar-refractivity contribution >= 4 is 5.78 Å². The van der Waals surface area contributed by atoms with Gasteiger partial charge in [-0.2, -0.15) is 0 Å². The Morgan fingerprint density at radius 1 is 1.14 bits per heavy atom. The smallest absolute Gasteiger partial charge is 0.179 e. The minimum Gasteiger partial charge on any atom is -0.395 e. The van der Waals surface area contributed by atoms with Crippen LogP contribution < -0.4 is 0 Å². The van der Waals surface area contributed by atoms with E-state index in [2.05, 4.69) is 25.7 Å². The van der Waals surface area contributed by atoms with Gasteiger partial charge in [-0.1, -0.05) is 45.0 Å². The van der Waals surface area contributed by atoms with Gasteiger partial charge in [-0.15, -0.1) is 0 Å². The molecule has 1 unspecified atom stereocenters. The first kappa shape index (κ1) is 17.9. The van der Waals surface area contributed by atoms with Crippen LogP contribution in [0.25, 0.3) is 0 Å². The van der Waals surface area contributed by atoms with Gasteiger partial charge in [-0.3, -0.25) is 9.69 Å². The number of benzene rings is 1. The number of hydrogen-bond donors (Lipinski definition) is 1. The molecule has 21 heavy (non-hydrogen) atoms. The number of aliphatic hydroxyl groups is 1. The first-order valence-electron chi connectivity index (χ1n) is 8.08. The van der Waals surface area contributed by atoms with Crippen LogP contribution in [-0.2, 0) is 6.42 Å². The molecule has 0 spiro atoms. The van der Waals surface area contributed by atoms with Gasteiger partial charge in [0.2, 0.25) is 0 Å². The van der Waals surface area contributed by atoms with Gasteiger partial charge in [-0.05, 0) is 31.7 Å². The molecule has 3 heteroatoms. The topological polar surface area (TPSA) is 40.5 Å². The van der Waals surface area contributed by atoms with E-state index in [9.17, 15) is 9.90 Å². The number of aryl methyl sites for hydroxylation is 1. The van der Waals surface area contributed by atoms with Crippen LogP contribution in [0.4, 0.5) is 0 Å². The predicted molar refractivity (Wildman–Crippen MR) is 87.8 cm³/mol. The number of nitrogens with zero attached hydrogens (tertiary/aromatic N) is 1. The Bertz CT molecular complexity index is 423. The van der Waals surface area contributed by atoms with Crippen LogP contribution in [-0.4, -0.2) is 41.0 Å². The van der Waals surface area contributed by atoms with E-state index in [4.69, 9.17) is 0 Å². The van der Waals surface area contributed by atoms with E-state index in [0.717, 1.165) is 24.8 Å². The zero-order valence-electron chi connectivity index (χ0n) is 13.8. The van der Waals surface area contributed by atoms with Crippen LogP contribution in [0, 0.1) is 0 Å². The Morgan fingerprint density at radius 2 is 1.71 bits per heavy atom. The third-order valence-corrected chi connectivity index (χ3v) is 4.29. The second kappa shape index (κ2) is 8.96. The number of carbonyl (C=O) groups is 1. The molecular formula is C18H29NO2. The van der Waals surface area contributed by atoms with Crippen molar-refractivity contribution in [3.8, 4) is 0 Å². The van der Waals surface area contributed by atoms with Crippen LogP contribution in [0.15, 0.2) is 24.3 Å². The van der Waals surface area contributed by atoms with Gasteiger partial charge in [0.1, 0.15) is 0 Å². The standard InChI is InChI=1S/C18H29NO2/c1-5-15-8-10-16(11-9-15)18(21)14(4)19(12-13-20)17(6-2)7-3/h8-11,14,17,20H,5-7,12-13H2,1-4H3. The second-order valence-corrected chi connectivity index (χ2v) is 5.52. The highest BCUT2D eigenvalue weighted by molar-refractivity contribution is 5.99. The van der Waals surface area contributed by atoms with Crippen molar-refractivity contribution in [2.75, 3.05) is 13.2 Å². The highest BCUT2D eigenvalue weighted by atomic mass is 16.3. The second-order valence-electron chi connectivity index (χ2n) is 5.52. The van der Waals surface area contributed by atoms with Crippen LogP contribution >= 0.6 is 0 Å². The highest BCUT2D eigenvalue weighted by Gasteiger charge is 2.26. The van der Waals surface area contributed by atoms with Crippen LogP contribution in [0.2, 0.25) is 0 Å². The molecule has 3 nitrogen and oxygen atoms in total. The average molecular weight is 291 g/mol. The first-order chi connectivity index (χ1) is 10.1. The van der Waals surface area contributed by atoms with Crippen molar-refractivity contribution in [1.82, 2.24) is 4.90 Å². The molecule has 0 aliphatic rings. The molecule has 0 aliphatic heterocycles. The summed E-state index contributed by atoms with van der Waals surface area (Å²) in [5, 5.41) is 9.29. The van der Waals surface area contributed by atoms with E-state index in [0.29, 0.717) is 12.6 Å². The summed E-state index contributed by atoms with van der Waals surface area (Å²) in [5.74, 6) is 0.137. The van der Waals surface area contributed by atoms with E-state index in [1.54, 1.807) is 0 Å². The van der Waals surface area contributed by atoms with Crippen molar-refractivity contribution in [3.63, 3.8) is 0 Å². The van der Waals surface area contributed by atoms with Crippen molar-refractivity contribution in [1.29, 1.82) is 0 Å². The number of hydrogen-bond acceptors (Lipinski definition) is 3. The van der Waals surface area contributed by atoms with Gasteiger partial charge in [0.15, 0.2) is 5.78 Å². The molecule has 0 aliphatic carbocycles. The van der Waals surface area contributed by atoms with Gasteiger partial charge in [0.05, 0.1) is 12.6 Å². The fraction of sp³-hybridized carbons (Fsp3) is 0.611. The van der Waals surface area contributed by atoms with Gasteiger partial charge >= 0.3 is 0 Å². The molecule has 0 aromatic heterocycles. The van der Waals surface area contributed by atoms with E-state index in [1.165, 1.54) is 5.56 Å². The SMILES string of the molecule is CCc1ccc(C(=O)C(C)N(CCO)C(CC)CC)cc1. The number of carbonyl (C=O) groups excluding carboxylic acids is 1. The molecule has 0 fully saturated rings. The summed E-state index contributed by atoms with van der Waals surface area (Å²) in [6, 6.07) is 8.02. The van der Waals surface area contributed by atoms with Gasteiger partial charge in [-0.25, -0.2) is 0 Å². The number of ketones is 1. The lowest BCUT2D eigenvalue weighted by Gasteiger charge is -2.34. The number of aliphatic hydroxyl groups excluding tert-OH is 1. The quantitative estimate of drug-likeness (QED) is 0.710. The summed E-state index contributed by atoms with van der Waals surface area (Å²) in [6.07, 6.45) is 2.96. The molecule has 1 aromatic carbocycles. The van der Waals surface area contributed by atoms with Crippen molar-refractivity contribution in [3.05, 3.63) is 35.4 Å². The van der Waals surface area contributed by atoms with Gasteiger partial charge in [0.25, 0.3) is 0 Å². The van der Waals surface area contributed by atoms with Crippen LogP contribution in [0.5, 0.6) is 0 Å². The van der Waals surface area contributed by atoms with E-state index in [-0.39, 0.29) is 18.4 Å². The zero-order valence-corrected chi connectivity index (χ0v) is 13.8. The molecule has 1 aromatic rings. The maximum Gasteiger partial charge on any atom is 0.179 e. The lowest BCUT2D eigenvalue weighted by atomic mass is 9.99. The number of rotatable bonds is 9. The molecule has 0 bridgehead atoms. The summed E-state index contributed by atoms with van der Waals surface area (Å²) >= 11 is 0. The monoisotopic (exact) mass is 291 g/mol. The fourth-order valence-electron chi connectivity index (χ4n) is 2.86. The summed E-state index contributed by atoms with van der Waals surface area (Å²) in [5.41, 5.74) is 2.00. The largest absolute Gasteiger partial charge is 0.395 e.